The molecular formula is C23H20N4O. The Labute approximate surface area is 163 Å². The van der Waals surface area contributed by atoms with E-state index in [0.717, 1.165) is 27.6 Å². The van der Waals surface area contributed by atoms with Gasteiger partial charge in [-0.2, -0.15) is 5.10 Å². The Balaban J connectivity index is 1.46. The molecule has 0 atom stereocenters. The first-order chi connectivity index (χ1) is 13.7. The molecule has 2 aromatic heterocycles. The third-order valence-electron chi connectivity index (χ3n) is 4.52. The molecule has 0 aliphatic heterocycles. The molecule has 28 heavy (non-hydrogen) atoms. The minimum atomic E-state index is -0.196. The first-order valence-corrected chi connectivity index (χ1v) is 9.10. The van der Waals surface area contributed by atoms with E-state index < -0.39 is 0 Å². The van der Waals surface area contributed by atoms with Crippen molar-refractivity contribution in [2.24, 2.45) is 0 Å². The maximum Gasteiger partial charge on any atom is 0.249 e. The normalized spacial score (nSPS) is 11.5. The Hall–Kier alpha value is -3.73. The molecule has 0 unspecified atom stereocenters. The van der Waals surface area contributed by atoms with Crippen molar-refractivity contribution in [3.8, 4) is 0 Å². The van der Waals surface area contributed by atoms with Crippen molar-refractivity contribution in [3.63, 3.8) is 0 Å². The van der Waals surface area contributed by atoms with Crippen molar-refractivity contribution in [3.05, 3.63) is 96.3 Å². The van der Waals surface area contributed by atoms with Gasteiger partial charge in [-0.1, -0.05) is 54.6 Å². The van der Waals surface area contributed by atoms with Crippen LogP contribution in [0.2, 0.25) is 0 Å². The van der Waals surface area contributed by atoms with E-state index in [-0.39, 0.29) is 5.91 Å². The number of amides is 1. The van der Waals surface area contributed by atoms with Gasteiger partial charge < -0.3 is 5.32 Å². The molecule has 4 aromatic rings. The Morgan fingerprint density at radius 1 is 1.04 bits per heavy atom. The predicted molar refractivity (Wildman–Crippen MR) is 112 cm³/mol. The summed E-state index contributed by atoms with van der Waals surface area (Å²) in [5.41, 5.74) is 3.97. The molecule has 2 aromatic carbocycles. The van der Waals surface area contributed by atoms with Gasteiger partial charge in [0.05, 0.1) is 12.1 Å². The maximum atomic E-state index is 12.3. The molecule has 1 amide bonds. The third kappa shape index (κ3) is 3.99. The van der Waals surface area contributed by atoms with E-state index in [1.54, 1.807) is 23.0 Å². The molecule has 0 saturated carbocycles. The molecule has 5 heteroatoms. The lowest BCUT2D eigenvalue weighted by molar-refractivity contribution is -0.111. The summed E-state index contributed by atoms with van der Waals surface area (Å²) in [6.45, 7) is 2.50. The summed E-state index contributed by atoms with van der Waals surface area (Å²) in [5.74, 6) is 0.328. The summed E-state index contributed by atoms with van der Waals surface area (Å²) in [6, 6.07) is 21.7. The lowest BCUT2D eigenvalue weighted by atomic mass is 10.1. The van der Waals surface area contributed by atoms with Gasteiger partial charge in [-0.15, -0.1) is 0 Å². The van der Waals surface area contributed by atoms with Crippen molar-refractivity contribution < 1.29 is 4.79 Å². The molecule has 0 aliphatic carbocycles. The smallest absolute Gasteiger partial charge is 0.249 e. The largest absolute Gasteiger partial charge is 0.306 e. The Kier molecular flexibility index (Phi) is 4.97. The highest BCUT2D eigenvalue weighted by Crippen LogP contribution is 2.17. The fraction of sp³-hybridized carbons (Fsp3) is 0.0870. The van der Waals surface area contributed by atoms with Crippen LogP contribution in [-0.2, 0) is 11.3 Å². The number of benzene rings is 2. The van der Waals surface area contributed by atoms with Gasteiger partial charge in [-0.05, 0) is 29.7 Å². The van der Waals surface area contributed by atoms with Crippen LogP contribution in [0.15, 0.2) is 85.2 Å². The van der Waals surface area contributed by atoms with Gasteiger partial charge in [0.2, 0.25) is 5.91 Å². The van der Waals surface area contributed by atoms with Crippen molar-refractivity contribution >= 4 is 28.2 Å². The molecule has 0 saturated heterocycles. The number of pyridine rings is 1. The van der Waals surface area contributed by atoms with Crippen LogP contribution in [0.5, 0.6) is 0 Å². The van der Waals surface area contributed by atoms with Crippen LogP contribution in [0.3, 0.4) is 0 Å². The van der Waals surface area contributed by atoms with Gasteiger partial charge in [0, 0.05) is 29.9 Å². The van der Waals surface area contributed by atoms with Crippen LogP contribution in [0, 0.1) is 0 Å². The molecule has 0 aliphatic rings. The van der Waals surface area contributed by atoms with Crippen molar-refractivity contribution in [2.75, 3.05) is 5.32 Å². The van der Waals surface area contributed by atoms with Crippen LogP contribution in [-0.4, -0.2) is 20.7 Å². The Morgan fingerprint density at radius 3 is 2.71 bits per heavy atom. The van der Waals surface area contributed by atoms with E-state index in [0.29, 0.717) is 12.4 Å². The second-order valence-electron chi connectivity index (χ2n) is 6.57. The number of fused-ring (bicyclic) bond motifs is 1. The second-order valence-corrected chi connectivity index (χ2v) is 6.57. The van der Waals surface area contributed by atoms with Crippen molar-refractivity contribution in [2.45, 2.75) is 13.5 Å². The Bertz CT molecular complexity index is 1140. The number of para-hydroxylation sites is 1. The summed E-state index contributed by atoms with van der Waals surface area (Å²) < 4.78 is 1.80. The SMILES string of the molecule is C/C(=C\C(=O)Nc1ccn(Cc2cccc3cccnc23)n1)c1ccccc1. The third-order valence-corrected chi connectivity index (χ3v) is 4.52. The fourth-order valence-electron chi connectivity index (χ4n) is 3.13. The minimum Gasteiger partial charge on any atom is -0.306 e. The van der Waals surface area contributed by atoms with Crippen molar-refractivity contribution in [1.82, 2.24) is 14.8 Å². The first kappa shape index (κ1) is 17.7. The summed E-state index contributed by atoms with van der Waals surface area (Å²) in [4.78, 5) is 16.8. The fourth-order valence-corrected chi connectivity index (χ4v) is 3.13. The predicted octanol–water partition coefficient (Wildman–Crippen LogP) is 4.52. The highest BCUT2D eigenvalue weighted by atomic mass is 16.1. The Morgan fingerprint density at radius 2 is 1.86 bits per heavy atom. The monoisotopic (exact) mass is 368 g/mol. The summed E-state index contributed by atoms with van der Waals surface area (Å²) in [5, 5.41) is 8.38. The van der Waals surface area contributed by atoms with E-state index in [4.69, 9.17) is 0 Å². The van der Waals surface area contributed by atoms with E-state index in [2.05, 4.69) is 15.4 Å². The second kappa shape index (κ2) is 7.88. The number of hydrogen-bond donors (Lipinski definition) is 1. The van der Waals surface area contributed by atoms with Gasteiger partial charge in [-0.25, -0.2) is 0 Å². The average Bonchev–Trinajstić information content (AvgIpc) is 3.15. The molecule has 4 rings (SSSR count). The van der Waals surface area contributed by atoms with Gasteiger partial charge >= 0.3 is 0 Å². The number of allylic oxidation sites excluding steroid dienone is 1. The van der Waals surface area contributed by atoms with Crippen LogP contribution >= 0.6 is 0 Å². The quantitative estimate of drug-likeness (QED) is 0.527. The van der Waals surface area contributed by atoms with Crippen LogP contribution in [0.1, 0.15) is 18.1 Å². The number of nitrogens with zero attached hydrogens (tertiary/aromatic N) is 3. The first-order valence-electron chi connectivity index (χ1n) is 9.10. The molecule has 0 spiro atoms. The van der Waals surface area contributed by atoms with Crippen LogP contribution < -0.4 is 5.32 Å². The summed E-state index contributed by atoms with van der Waals surface area (Å²) >= 11 is 0. The topological polar surface area (TPSA) is 59.8 Å². The van der Waals surface area contributed by atoms with Gasteiger partial charge in [0.15, 0.2) is 5.82 Å². The van der Waals surface area contributed by atoms with E-state index in [1.807, 2.05) is 73.8 Å². The number of carbonyl (C=O) groups excluding carboxylic acids is 1. The number of aromatic nitrogens is 3. The summed E-state index contributed by atoms with van der Waals surface area (Å²) in [7, 11) is 0. The van der Waals surface area contributed by atoms with Gasteiger partial charge in [-0.3, -0.25) is 14.5 Å². The zero-order valence-electron chi connectivity index (χ0n) is 15.5. The highest BCUT2D eigenvalue weighted by Gasteiger charge is 2.07. The number of anilines is 1. The summed E-state index contributed by atoms with van der Waals surface area (Å²) in [6.07, 6.45) is 5.23. The maximum absolute atomic E-state index is 12.3. The number of hydrogen-bond acceptors (Lipinski definition) is 3. The number of rotatable bonds is 5. The molecular weight excluding hydrogens is 348 g/mol. The molecule has 138 valence electrons. The molecule has 0 fully saturated rings. The van der Waals surface area contributed by atoms with Crippen LogP contribution in [0.4, 0.5) is 5.82 Å². The van der Waals surface area contributed by atoms with E-state index in [9.17, 15) is 4.79 Å². The molecule has 0 bridgehead atoms. The zero-order chi connectivity index (χ0) is 19.3. The lowest BCUT2D eigenvalue weighted by Crippen LogP contribution is -2.10. The molecule has 1 N–H and O–H groups in total. The minimum absolute atomic E-state index is 0.196. The zero-order valence-corrected chi connectivity index (χ0v) is 15.5. The van der Waals surface area contributed by atoms with E-state index in [1.165, 1.54) is 0 Å². The molecule has 0 radical (unpaired) electrons. The standard InChI is InChI=1S/C23H20N4O/c1-17(18-7-3-2-4-8-18)15-22(28)25-21-12-14-27(26-21)16-20-10-5-9-19-11-6-13-24-23(19)20/h2-15H,16H2,1H3,(H,25,26,28)/b17-15+. The molecule has 5 nitrogen and oxygen atoms in total. The van der Waals surface area contributed by atoms with E-state index >= 15 is 0 Å². The van der Waals surface area contributed by atoms with Gasteiger partial charge in [0.25, 0.3) is 0 Å². The average molecular weight is 368 g/mol. The number of nitrogens with one attached hydrogen (secondary N) is 1. The van der Waals surface area contributed by atoms with Crippen LogP contribution in [0.25, 0.3) is 16.5 Å². The lowest BCUT2D eigenvalue weighted by Gasteiger charge is -2.06. The number of carbonyl (C=O) groups is 1. The van der Waals surface area contributed by atoms with Crippen molar-refractivity contribution in [1.29, 1.82) is 0 Å². The highest BCUT2D eigenvalue weighted by molar-refractivity contribution is 6.03. The molecule has 2 heterocycles. The van der Waals surface area contributed by atoms with Gasteiger partial charge in [0.1, 0.15) is 0 Å².